The SMILES string of the molecule is CC=NC1=C(CC)CCC(N(CCC)CCC(C)OCc2c(-c3c(Cl)cccc3Cl)noc2C2CC2)=C1. The van der Waals surface area contributed by atoms with Crippen LogP contribution in [-0.4, -0.2) is 35.5 Å². The van der Waals surface area contributed by atoms with E-state index in [-0.39, 0.29) is 6.10 Å². The summed E-state index contributed by atoms with van der Waals surface area (Å²) in [5, 5.41) is 5.53. The third-order valence-corrected chi connectivity index (χ3v) is 7.86. The molecule has 0 spiro atoms. The molecule has 0 N–H and O–H groups in total. The van der Waals surface area contributed by atoms with Gasteiger partial charge in [-0.3, -0.25) is 4.99 Å². The zero-order valence-corrected chi connectivity index (χ0v) is 24.0. The Morgan fingerprint density at radius 2 is 1.95 bits per heavy atom. The van der Waals surface area contributed by atoms with Gasteiger partial charge in [0.15, 0.2) is 0 Å². The fourth-order valence-corrected chi connectivity index (χ4v) is 5.55. The van der Waals surface area contributed by atoms with E-state index in [4.69, 9.17) is 32.5 Å². The van der Waals surface area contributed by atoms with Crippen molar-refractivity contribution in [2.45, 2.75) is 91.3 Å². The summed E-state index contributed by atoms with van der Waals surface area (Å²) < 4.78 is 12.2. The van der Waals surface area contributed by atoms with E-state index in [0.29, 0.717) is 28.3 Å². The number of hydrogen-bond donors (Lipinski definition) is 0. The van der Waals surface area contributed by atoms with E-state index >= 15 is 0 Å². The monoisotopic (exact) mass is 543 g/mol. The first kappa shape index (κ1) is 27.9. The van der Waals surface area contributed by atoms with Crippen LogP contribution < -0.4 is 0 Å². The minimum atomic E-state index is 0.0787. The maximum absolute atomic E-state index is 6.51. The van der Waals surface area contributed by atoms with Crippen molar-refractivity contribution >= 4 is 29.4 Å². The highest BCUT2D eigenvalue weighted by atomic mass is 35.5. The van der Waals surface area contributed by atoms with E-state index in [1.165, 1.54) is 11.3 Å². The number of aliphatic imine (C=N–C) groups is 1. The molecule has 1 fully saturated rings. The molecule has 1 aromatic heterocycles. The normalized spacial score (nSPS) is 17.0. The average molecular weight is 545 g/mol. The number of allylic oxidation sites excluding steroid dienone is 3. The Kier molecular flexibility index (Phi) is 9.91. The molecule has 37 heavy (non-hydrogen) atoms. The summed E-state index contributed by atoms with van der Waals surface area (Å²) >= 11 is 13.0. The van der Waals surface area contributed by atoms with Crippen molar-refractivity contribution in [1.82, 2.24) is 10.1 Å². The predicted molar refractivity (Wildman–Crippen MR) is 153 cm³/mol. The van der Waals surface area contributed by atoms with Gasteiger partial charge in [-0.05, 0) is 82.6 Å². The number of aromatic nitrogens is 1. The lowest BCUT2D eigenvalue weighted by atomic mass is 9.97. The van der Waals surface area contributed by atoms with Crippen LogP contribution in [0.2, 0.25) is 10.0 Å². The summed E-state index contributed by atoms with van der Waals surface area (Å²) in [7, 11) is 0. The summed E-state index contributed by atoms with van der Waals surface area (Å²) in [5.74, 6) is 1.33. The predicted octanol–water partition coefficient (Wildman–Crippen LogP) is 8.97. The zero-order chi connectivity index (χ0) is 26.4. The number of benzene rings is 1. The number of rotatable bonds is 13. The fourth-order valence-electron chi connectivity index (χ4n) is 4.98. The van der Waals surface area contributed by atoms with Crippen LogP contribution in [0, 0.1) is 0 Å². The minimum absolute atomic E-state index is 0.0787. The molecular weight excluding hydrogens is 505 g/mol. The first-order valence-electron chi connectivity index (χ1n) is 13.7. The van der Waals surface area contributed by atoms with Crippen molar-refractivity contribution in [3.8, 4) is 11.3 Å². The first-order chi connectivity index (χ1) is 18.0. The van der Waals surface area contributed by atoms with Crippen LogP contribution in [0.15, 0.2) is 50.8 Å². The maximum atomic E-state index is 6.51. The lowest BCUT2D eigenvalue weighted by molar-refractivity contribution is 0.0416. The van der Waals surface area contributed by atoms with Gasteiger partial charge in [0.25, 0.3) is 0 Å². The van der Waals surface area contributed by atoms with Crippen LogP contribution in [0.25, 0.3) is 11.3 Å². The van der Waals surface area contributed by atoms with Gasteiger partial charge >= 0.3 is 0 Å². The van der Waals surface area contributed by atoms with E-state index in [9.17, 15) is 0 Å². The highest BCUT2D eigenvalue weighted by Gasteiger charge is 2.33. The molecule has 1 atom stereocenters. The van der Waals surface area contributed by atoms with Gasteiger partial charge in [-0.1, -0.05) is 48.3 Å². The molecule has 0 amide bonds. The Morgan fingerprint density at radius 1 is 1.19 bits per heavy atom. The van der Waals surface area contributed by atoms with E-state index in [2.05, 4.69) is 41.9 Å². The van der Waals surface area contributed by atoms with Gasteiger partial charge in [-0.25, -0.2) is 0 Å². The summed E-state index contributed by atoms with van der Waals surface area (Å²) in [4.78, 5) is 7.16. The van der Waals surface area contributed by atoms with Gasteiger partial charge in [-0.2, -0.15) is 0 Å². The van der Waals surface area contributed by atoms with Crippen molar-refractivity contribution in [2.75, 3.05) is 13.1 Å². The lowest BCUT2D eigenvalue weighted by Gasteiger charge is -2.31. The highest BCUT2D eigenvalue weighted by Crippen LogP contribution is 2.46. The van der Waals surface area contributed by atoms with E-state index in [1.807, 2.05) is 31.3 Å². The molecule has 0 saturated heterocycles. The maximum Gasteiger partial charge on any atom is 0.145 e. The van der Waals surface area contributed by atoms with E-state index < -0.39 is 0 Å². The Labute approximate surface area is 231 Å². The first-order valence-corrected chi connectivity index (χ1v) is 14.4. The number of nitrogens with zero attached hydrogens (tertiary/aromatic N) is 3. The molecule has 0 aliphatic heterocycles. The van der Waals surface area contributed by atoms with Crippen LogP contribution in [0.4, 0.5) is 0 Å². The Morgan fingerprint density at radius 3 is 2.59 bits per heavy atom. The summed E-state index contributed by atoms with van der Waals surface area (Å²) in [6, 6.07) is 5.51. The molecule has 1 heterocycles. The molecule has 2 aliphatic rings. The average Bonchev–Trinajstić information content (AvgIpc) is 3.65. The van der Waals surface area contributed by atoms with Crippen molar-refractivity contribution < 1.29 is 9.26 Å². The largest absolute Gasteiger partial charge is 0.375 e. The molecule has 2 aliphatic carbocycles. The van der Waals surface area contributed by atoms with E-state index in [1.54, 1.807) is 0 Å². The molecular formula is C30H39Cl2N3O2. The van der Waals surface area contributed by atoms with Crippen LogP contribution in [0.3, 0.4) is 0 Å². The molecule has 200 valence electrons. The Balaban J connectivity index is 1.44. The molecule has 0 radical (unpaired) electrons. The summed E-state index contributed by atoms with van der Waals surface area (Å²) in [6.45, 7) is 11.0. The zero-order valence-electron chi connectivity index (χ0n) is 22.5. The Bertz CT molecular complexity index is 1140. The number of halogens is 2. The third kappa shape index (κ3) is 6.87. The smallest absolute Gasteiger partial charge is 0.145 e. The molecule has 1 saturated carbocycles. The van der Waals surface area contributed by atoms with Crippen LogP contribution >= 0.6 is 23.2 Å². The molecule has 4 rings (SSSR count). The van der Waals surface area contributed by atoms with Gasteiger partial charge in [-0.15, -0.1) is 0 Å². The second-order valence-corrected chi connectivity index (χ2v) is 10.8. The van der Waals surface area contributed by atoms with Crippen molar-refractivity contribution in [3.05, 3.63) is 62.6 Å². The third-order valence-electron chi connectivity index (χ3n) is 7.23. The molecule has 0 bridgehead atoms. The van der Waals surface area contributed by atoms with Gasteiger partial charge < -0.3 is 14.2 Å². The van der Waals surface area contributed by atoms with Gasteiger partial charge in [0.2, 0.25) is 0 Å². The Hall–Kier alpha value is -2.08. The molecule has 5 nitrogen and oxygen atoms in total. The second-order valence-electron chi connectivity index (χ2n) is 10.0. The second kappa shape index (κ2) is 13.1. The lowest BCUT2D eigenvalue weighted by Crippen LogP contribution is -2.29. The van der Waals surface area contributed by atoms with E-state index in [0.717, 1.165) is 80.6 Å². The molecule has 1 unspecified atom stereocenters. The topological polar surface area (TPSA) is 50.9 Å². The fraction of sp³-hybridized carbons (Fsp3) is 0.533. The van der Waals surface area contributed by atoms with Gasteiger partial charge in [0.05, 0.1) is 28.5 Å². The van der Waals surface area contributed by atoms with Crippen LogP contribution in [0.5, 0.6) is 0 Å². The number of ether oxygens (including phenoxy) is 1. The van der Waals surface area contributed by atoms with Gasteiger partial charge in [0.1, 0.15) is 11.5 Å². The molecule has 1 aromatic carbocycles. The van der Waals surface area contributed by atoms with Crippen LogP contribution in [-0.2, 0) is 11.3 Å². The molecule has 2 aromatic rings. The molecule has 7 heteroatoms. The number of hydrogen-bond acceptors (Lipinski definition) is 5. The van der Waals surface area contributed by atoms with Crippen LogP contribution in [0.1, 0.15) is 89.9 Å². The van der Waals surface area contributed by atoms with Crippen molar-refractivity contribution in [3.63, 3.8) is 0 Å². The van der Waals surface area contributed by atoms with Crippen molar-refractivity contribution in [2.24, 2.45) is 4.99 Å². The quantitative estimate of drug-likeness (QED) is 0.236. The summed E-state index contributed by atoms with van der Waals surface area (Å²) in [6.07, 6.45) is 11.8. The standard InChI is InChI=1S/C30H39Cl2N3O2/c1-5-16-35(23-14-13-21(6-2)27(18-23)33-7-3)17-15-20(4)36-19-24-29(34-37-30(24)22-11-12-22)28-25(31)9-8-10-26(28)32/h7-10,18,20,22H,5-6,11-17,19H2,1-4H3. The van der Waals surface area contributed by atoms with Gasteiger partial charge in [0, 0.05) is 42.0 Å². The minimum Gasteiger partial charge on any atom is -0.375 e. The highest BCUT2D eigenvalue weighted by molar-refractivity contribution is 6.39. The summed E-state index contributed by atoms with van der Waals surface area (Å²) in [5.41, 5.74) is 6.37. The van der Waals surface area contributed by atoms with Crippen molar-refractivity contribution in [1.29, 1.82) is 0 Å².